The number of hydrogen-bond acceptors (Lipinski definition) is 5. The van der Waals surface area contributed by atoms with E-state index in [1.165, 1.54) is 17.8 Å². The maximum Gasteiger partial charge on any atom is 0.330 e. The molecule has 86 valence electrons. The van der Waals surface area contributed by atoms with Crippen LogP contribution in [-0.2, 0) is 9.53 Å². The number of esters is 1. The highest BCUT2D eigenvalue weighted by Crippen LogP contribution is 2.11. The first-order valence-corrected chi connectivity index (χ1v) is 5.96. The molecular formula is C11H14N2O2S. The van der Waals surface area contributed by atoms with E-state index in [0.717, 1.165) is 5.69 Å². The molecule has 0 bridgehead atoms. The fourth-order valence-electron chi connectivity index (χ4n) is 0.953. The zero-order chi connectivity index (χ0) is 11.8. The Bertz CT molecular complexity index is 380. The van der Waals surface area contributed by atoms with E-state index in [1.54, 1.807) is 19.2 Å². The predicted molar refractivity (Wildman–Crippen MR) is 63.3 cm³/mol. The summed E-state index contributed by atoms with van der Waals surface area (Å²) in [5, 5.41) is 0.716. The fourth-order valence-corrected chi connectivity index (χ4v) is 1.64. The minimum absolute atomic E-state index is 0.312. The smallest absolute Gasteiger partial charge is 0.330 e. The standard InChI is InChI=1S/C11H14N2O2S/c1-3-15-10(14)5-4-8-16-11-12-7-6-9(2)13-11/h4-7H,3,8H2,1-2H3/b5-4+. The fraction of sp³-hybridized carbons (Fsp3) is 0.364. The number of nitrogens with zero attached hydrogens (tertiary/aromatic N) is 2. The van der Waals surface area contributed by atoms with Crippen LogP contribution in [0.5, 0.6) is 0 Å². The first-order valence-electron chi connectivity index (χ1n) is 4.98. The van der Waals surface area contributed by atoms with Crippen LogP contribution in [0.4, 0.5) is 0 Å². The number of hydrogen-bond donors (Lipinski definition) is 0. The number of ether oxygens (including phenoxy) is 1. The van der Waals surface area contributed by atoms with Gasteiger partial charge in [0.1, 0.15) is 0 Å². The lowest BCUT2D eigenvalue weighted by Crippen LogP contribution is -1.99. The molecule has 1 aromatic rings. The van der Waals surface area contributed by atoms with E-state index in [9.17, 15) is 4.79 Å². The molecule has 0 aliphatic heterocycles. The van der Waals surface area contributed by atoms with Crippen molar-refractivity contribution in [3.63, 3.8) is 0 Å². The first kappa shape index (κ1) is 12.7. The molecule has 16 heavy (non-hydrogen) atoms. The molecule has 0 amide bonds. The lowest BCUT2D eigenvalue weighted by Gasteiger charge is -1.97. The Hall–Kier alpha value is -1.36. The van der Waals surface area contributed by atoms with Gasteiger partial charge in [-0.05, 0) is 19.9 Å². The summed E-state index contributed by atoms with van der Waals surface area (Å²) in [4.78, 5) is 19.3. The lowest BCUT2D eigenvalue weighted by molar-refractivity contribution is -0.137. The highest BCUT2D eigenvalue weighted by atomic mass is 32.2. The Morgan fingerprint density at radius 2 is 2.44 bits per heavy atom. The molecule has 0 N–H and O–H groups in total. The molecule has 0 saturated heterocycles. The second-order valence-corrected chi connectivity index (χ2v) is 3.93. The van der Waals surface area contributed by atoms with Gasteiger partial charge in [-0.25, -0.2) is 14.8 Å². The van der Waals surface area contributed by atoms with Crippen molar-refractivity contribution in [1.82, 2.24) is 9.97 Å². The predicted octanol–water partition coefficient (Wildman–Crippen LogP) is 2.00. The Balaban J connectivity index is 2.33. The summed E-state index contributed by atoms with van der Waals surface area (Å²) in [6, 6.07) is 1.85. The molecule has 4 nitrogen and oxygen atoms in total. The molecule has 0 saturated carbocycles. The molecule has 1 aromatic heterocycles. The summed E-state index contributed by atoms with van der Waals surface area (Å²) in [6.45, 7) is 4.10. The molecule has 0 unspecified atom stereocenters. The van der Waals surface area contributed by atoms with Gasteiger partial charge in [-0.2, -0.15) is 0 Å². The highest BCUT2D eigenvalue weighted by molar-refractivity contribution is 7.99. The average Bonchev–Trinajstić information content (AvgIpc) is 2.25. The van der Waals surface area contributed by atoms with Crippen LogP contribution < -0.4 is 0 Å². The van der Waals surface area contributed by atoms with Gasteiger partial charge in [0.15, 0.2) is 5.16 Å². The summed E-state index contributed by atoms with van der Waals surface area (Å²) in [7, 11) is 0. The Morgan fingerprint density at radius 1 is 1.62 bits per heavy atom. The van der Waals surface area contributed by atoms with Crippen molar-refractivity contribution in [1.29, 1.82) is 0 Å². The Labute approximate surface area is 99.1 Å². The number of aryl methyl sites for hydroxylation is 1. The summed E-state index contributed by atoms with van der Waals surface area (Å²) in [6.07, 6.45) is 4.89. The third-order valence-corrected chi connectivity index (χ3v) is 2.44. The van der Waals surface area contributed by atoms with Crippen LogP contribution in [0, 0.1) is 6.92 Å². The van der Waals surface area contributed by atoms with E-state index in [2.05, 4.69) is 9.97 Å². The molecule has 0 aromatic carbocycles. The van der Waals surface area contributed by atoms with Gasteiger partial charge < -0.3 is 4.74 Å². The Morgan fingerprint density at radius 3 is 3.12 bits per heavy atom. The molecule has 1 rings (SSSR count). The lowest BCUT2D eigenvalue weighted by atomic mass is 10.5. The van der Waals surface area contributed by atoms with Gasteiger partial charge in [0.25, 0.3) is 0 Å². The van der Waals surface area contributed by atoms with Crippen molar-refractivity contribution < 1.29 is 9.53 Å². The Kier molecular flexibility index (Phi) is 5.56. The number of aromatic nitrogens is 2. The maximum absolute atomic E-state index is 11.0. The highest BCUT2D eigenvalue weighted by Gasteiger charge is 1.96. The topological polar surface area (TPSA) is 52.1 Å². The van der Waals surface area contributed by atoms with E-state index < -0.39 is 0 Å². The van der Waals surface area contributed by atoms with Gasteiger partial charge in [-0.3, -0.25) is 0 Å². The average molecular weight is 238 g/mol. The van der Waals surface area contributed by atoms with E-state index in [4.69, 9.17) is 4.74 Å². The minimum atomic E-state index is -0.312. The zero-order valence-electron chi connectivity index (χ0n) is 9.34. The molecule has 0 spiro atoms. The van der Waals surface area contributed by atoms with Gasteiger partial charge in [0, 0.05) is 23.7 Å². The summed E-state index contributed by atoms with van der Waals surface area (Å²) >= 11 is 1.48. The van der Waals surface area contributed by atoms with E-state index >= 15 is 0 Å². The van der Waals surface area contributed by atoms with Crippen LogP contribution in [0.15, 0.2) is 29.6 Å². The normalized spacial score (nSPS) is 10.6. The van der Waals surface area contributed by atoms with Crippen LogP contribution in [0.2, 0.25) is 0 Å². The van der Waals surface area contributed by atoms with Crippen molar-refractivity contribution in [2.45, 2.75) is 19.0 Å². The minimum Gasteiger partial charge on any atom is -0.463 e. The summed E-state index contributed by atoms with van der Waals surface area (Å²) in [5.74, 6) is 0.343. The molecule has 5 heteroatoms. The van der Waals surface area contributed by atoms with E-state index in [1.807, 2.05) is 13.0 Å². The van der Waals surface area contributed by atoms with Crippen LogP contribution in [0.25, 0.3) is 0 Å². The monoisotopic (exact) mass is 238 g/mol. The van der Waals surface area contributed by atoms with Gasteiger partial charge in [0.05, 0.1) is 6.61 Å². The van der Waals surface area contributed by atoms with Crippen molar-refractivity contribution in [2.75, 3.05) is 12.4 Å². The van der Waals surface area contributed by atoms with Crippen LogP contribution in [0.3, 0.4) is 0 Å². The molecule has 1 heterocycles. The summed E-state index contributed by atoms with van der Waals surface area (Å²) < 4.78 is 4.75. The molecule has 0 fully saturated rings. The zero-order valence-corrected chi connectivity index (χ0v) is 10.2. The first-order chi connectivity index (χ1) is 7.72. The van der Waals surface area contributed by atoms with Crippen LogP contribution in [0.1, 0.15) is 12.6 Å². The molecule has 0 aliphatic carbocycles. The van der Waals surface area contributed by atoms with Crippen LogP contribution >= 0.6 is 11.8 Å². The largest absolute Gasteiger partial charge is 0.463 e. The second kappa shape index (κ2) is 7.00. The third kappa shape index (κ3) is 4.93. The van der Waals surface area contributed by atoms with E-state index in [-0.39, 0.29) is 5.97 Å². The maximum atomic E-state index is 11.0. The summed E-state index contributed by atoms with van der Waals surface area (Å²) in [5.41, 5.74) is 0.937. The second-order valence-electron chi connectivity index (χ2n) is 2.95. The van der Waals surface area contributed by atoms with Gasteiger partial charge >= 0.3 is 5.97 Å². The van der Waals surface area contributed by atoms with E-state index in [0.29, 0.717) is 17.5 Å². The SMILES string of the molecule is CCOC(=O)/C=C/CSc1nccc(C)n1. The number of rotatable bonds is 5. The number of carbonyl (C=O) groups is 1. The van der Waals surface area contributed by atoms with Crippen molar-refractivity contribution in [3.05, 3.63) is 30.1 Å². The number of thioether (sulfide) groups is 1. The third-order valence-electron chi connectivity index (χ3n) is 1.62. The molecule has 0 radical (unpaired) electrons. The van der Waals surface area contributed by atoms with Crippen molar-refractivity contribution >= 4 is 17.7 Å². The molecular weight excluding hydrogens is 224 g/mol. The van der Waals surface area contributed by atoms with Gasteiger partial charge in [-0.1, -0.05) is 17.8 Å². The number of carbonyl (C=O) groups excluding carboxylic acids is 1. The van der Waals surface area contributed by atoms with Gasteiger partial charge in [-0.15, -0.1) is 0 Å². The molecule has 0 aliphatic rings. The van der Waals surface area contributed by atoms with Crippen molar-refractivity contribution in [2.24, 2.45) is 0 Å². The van der Waals surface area contributed by atoms with Crippen molar-refractivity contribution in [3.8, 4) is 0 Å². The quantitative estimate of drug-likeness (QED) is 0.340. The van der Waals surface area contributed by atoms with Gasteiger partial charge in [0.2, 0.25) is 0 Å². The van der Waals surface area contributed by atoms with Crippen LogP contribution in [-0.4, -0.2) is 28.3 Å². The molecule has 0 atom stereocenters.